The lowest BCUT2D eigenvalue weighted by Crippen LogP contribution is -2.32. The highest BCUT2D eigenvalue weighted by molar-refractivity contribution is 6.08. The van der Waals surface area contributed by atoms with Crippen molar-refractivity contribution in [2.75, 3.05) is 29.9 Å². The summed E-state index contributed by atoms with van der Waals surface area (Å²) in [6, 6.07) is 14.3. The van der Waals surface area contributed by atoms with Crippen molar-refractivity contribution < 1.29 is 9.53 Å². The first-order valence-electron chi connectivity index (χ1n) is 11.4. The molecule has 164 valence electrons. The maximum absolute atomic E-state index is 13.2. The van der Waals surface area contributed by atoms with Crippen LogP contribution in [0.2, 0.25) is 0 Å². The van der Waals surface area contributed by atoms with E-state index < -0.39 is 0 Å². The zero-order valence-corrected chi connectivity index (χ0v) is 19.1. The number of carbonyl (C=O) groups is 1. The van der Waals surface area contributed by atoms with E-state index >= 15 is 0 Å². The Morgan fingerprint density at radius 1 is 1.10 bits per heavy atom. The van der Waals surface area contributed by atoms with E-state index in [4.69, 9.17) is 4.74 Å². The maximum Gasteiger partial charge on any atom is 0.272 e. The number of rotatable bonds is 6. The van der Waals surface area contributed by atoms with Crippen LogP contribution in [0.1, 0.15) is 49.7 Å². The van der Waals surface area contributed by atoms with Gasteiger partial charge in [-0.05, 0) is 87.6 Å². The standard InChI is InChI=1S/C26H33N3O2/c1-5-29-24-12-11-22(31-6-2)17-23(24)19(4)25(29)26(30)27-20-7-9-21(10-8-20)28-15-13-18(3)14-16-28/h7-12,17-18H,5-6,13-16H2,1-4H3,(H,27,30). The fourth-order valence-corrected chi connectivity index (χ4v) is 4.59. The topological polar surface area (TPSA) is 46.5 Å². The van der Waals surface area contributed by atoms with Gasteiger partial charge in [-0.1, -0.05) is 6.92 Å². The SMILES string of the molecule is CCOc1ccc2c(c1)c(C)c(C(=O)Nc1ccc(N3CCC(C)CC3)cc1)n2CC. The molecule has 0 saturated carbocycles. The molecular formula is C26H33N3O2. The summed E-state index contributed by atoms with van der Waals surface area (Å²) in [5.41, 5.74) is 4.80. The van der Waals surface area contributed by atoms with E-state index in [0.29, 0.717) is 12.3 Å². The summed E-state index contributed by atoms with van der Waals surface area (Å²) in [4.78, 5) is 15.7. The summed E-state index contributed by atoms with van der Waals surface area (Å²) in [6.07, 6.45) is 2.48. The Labute approximate surface area is 185 Å². The number of aryl methyl sites for hydroxylation is 2. The molecule has 1 aliphatic rings. The molecule has 31 heavy (non-hydrogen) atoms. The first-order valence-corrected chi connectivity index (χ1v) is 11.4. The highest BCUT2D eigenvalue weighted by Gasteiger charge is 2.21. The number of carbonyl (C=O) groups excluding carboxylic acids is 1. The Morgan fingerprint density at radius 3 is 2.45 bits per heavy atom. The van der Waals surface area contributed by atoms with Crippen LogP contribution in [-0.4, -0.2) is 30.2 Å². The van der Waals surface area contributed by atoms with Gasteiger partial charge in [-0.3, -0.25) is 4.79 Å². The average molecular weight is 420 g/mol. The highest BCUT2D eigenvalue weighted by Crippen LogP contribution is 2.30. The van der Waals surface area contributed by atoms with Crippen molar-refractivity contribution in [1.29, 1.82) is 0 Å². The molecule has 2 heterocycles. The number of anilines is 2. The van der Waals surface area contributed by atoms with Crippen LogP contribution in [0.25, 0.3) is 10.9 Å². The summed E-state index contributed by atoms with van der Waals surface area (Å²) in [7, 11) is 0. The number of fused-ring (bicyclic) bond motifs is 1. The van der Waals surface area contributed by atoms with Crippen molar-refractivity contribution in [2.45, 2.75) is 47.1 Å². The summed E-state index contributed by atoms with van der Waals surface area (Å²) in [5, 5.41) is 4.16. The minimum Gasteiger partial charge on any atom is -0.494 e. The molecule has 1 fully saturated rings. The van der Waals surface area contributed by atoms with E-state index in [1.54, 1.807) is 0 Å². The molecule has 1 N–H and O–H groups in total. The molecule has 1 aromatic heterocycles. The van der Waals surface area contributed by atoms with Crippen LogP contribution in [0.4, 0.5) is 11.4 Å². The first-order chi connectivity index (χ1) is 15.0. The van der Waals surface area contributed by atoms with Gasteiger partial charge in [0.05, 0.1) is 6.61 Å². The molecule has 0 radical (unpaired) electrons. The average Bonchev–Trinajstić information content (AvgIpc) is 3.06. The van der Waals surface area contributed by atoms with Gasteiger partial charge in [0, 0.05) is 41.9 Å². The van der Waals surface area contributed by atoms with Gasteiger partial charge in [-0.15, -0.1) is 0 Å². The van der Waals surface area contributed by atoms with Crippen molar-refractivity contribution in [3.8, 4) is 5.75 Å². The monoisotopic (exact) mass is 419 g/mol. The van der Waals surface area contributed by atoms with Crippen LogP contribution < -0.4 is 15.0 Å². The number of hydrogen-bond donors (Lipinski definition) is 1. The Hall–Kier alpha value is -2.95. The summed E-state index contributed by atoms with van der Waals surface area (Å²) in [5.74, 6) is 1.57. The number of hydrogen-bond acceptors (Lipinski definition) is 3. The molecule has 1 amide bonds. The Bertz CT molecular complexity index is 1060. The second-order valence-electron chi connectivity index (χ2n) is 8.50. The third kappa shape index (κ3) is 4.27. The predicted octanol–water partition coefficient (Wildman–Crippen LogP) is 5.86. The van der Waals surface area contributed by atoms with E-state index in [1.807, 2.05) is 44.2 Å². The molecular weight excluding hydrogens is 386 g/mol. The van der Waals surface area contributed by atoms with Crippen molar-refractivity contribution in [2.24, 2.45) is 5.92 Å². The van der Waals surface area contributed by atoms with E-state index in [-0.39, 0.29) is 5.91 Å². The number of nitrogens with zero attached hydrogens (tertiary/aromatic N) is 2. The third-order valence-corrected chi connectivity index (χ3v) is 6.40. The van der Waals surface area contributed by atoms with Crippen molar-refractivity contribution >= 4 is 28.2 Å². The van der Waals surface area contributed by atoms with E-state index in [9.17, 15) is 4.79 Å². The molecule has 4 rings (SSSR count). The zero-order chi connectivity index (χ0) is 22.0. The van der Waals surface area contributed by atoms with Gasteiger partial charge in [0.2, 0.25) is 0 Å². The quantitative estimate of drug-likeness (QED) is 0.545. The maximum atomic E-state index is 13.2. The van der Waals surface area contributed by atoms with Crippen molar-refractivity contribution in [1.82, 2.24) is 4.57 Å². The van der Waals surface area contributed by atoms with E-state index in [0.717, 1.165) is 53.5 Å². The van der Waals surface area contributed by atoms with E-state index in [2.05, 4.69) is 40.8 Å². The van der Waals surface area contributed by atoms with Gasteiger partial charge in [0.1, 0.15) is 11.4 Å². The highest BCUT2D eigenvalue weighted by atomic mass is 16.5. The molecule has 2 aromatic carbocycles. The van der Waals surface area contributed by atoms with Gasteiger partial charge >= 0.3 is 0 Å². The summed E-state index contributed by atoms with van der Waals surface area (Å²) in [6.45, 7) is 11.9. The Kier molecular flexibility index (Phi) is 6.21. The summed E-state index contributed by atoms with van der Waals surface area (Å²) >= 11 is 0. The molecule has 0 atom stereocenters. The second kappa shape index (κ2) is 9.04. The molecule has 0 bridgehead atoms. The molecule has 5 heteroatoms. The lowest BCUT2D eigenvalue weighted by molar-refractivity contribution is 0.101. The predicted molar refractivity (Wildman–Crippen MR) is 129 cm³/mol. The molecule has 0 unspecified atom stereocenters. The summed E-state index contributed by atoms with van der Waals surface area (Å²) < 4.78 is 7.74. The number of nitrogens with one attached hydrogen (secondary N) is 1. The molecule has 1 saturated heterocycles. The smallest absolute Gasteiger partial charge is 0.272 e. The fraction of sp³-hybridized carbons (Fsp3) is 0.423. The number of amides is 1. The fourth-order valence-electron chi connectivity index (χ4n) is 4.59. The number of ether oxygens (including phenoxy) is 1. The van der Waals surface area contributed by atoms with Gasteiger partial charge in [-0.25, -0.2) is 0 Å². The lowest BCUT2D eigenvalue weighted by atomic mass is 9.99. The van der Waals surface area contributed by atoms with Crippen LogP contribution in [0.5, 0.6) is 5.75 Å². The van der Waals surface area contributed by atoms with Gasteiger partial charge in [0.15, 0.2) is 0 Å². The van der Waals surface area contributed by atoms with Crippen LogP contribution in [-0.2, 0) is 6.54 Å². The molecule has 5 nitrogen and oxygen atoms in total. The minimum absolute atomic E-state index is 0.0759. The molecule has 0 spiro atoms. The van der Waals surface area contributed by atoms with Crippen LogP contribution in [0.3, 0.4) is 0 Å². The van der Waals surface area contributed by atoms with E-state index in [1.165, 1.54) is 18.5 Å². The second-order valence-corrected chi connectivity index (χ2v) is 8.50. The Morgan fingerprint density at radius 2 is 1.81 bits per heavy atom. The molecule has 3 aromatic rings. The van der Waals surface area contributed by atoms with Crippen LogP contribution in [0, 0.1) is 12.8 Å². The largest absolute Gasteiger partial charge is 0.494 e. The minimum atomic E-state index is -0.0759. The van der Waals surface area contributed by atoms with Crippen LogP contribution in [0.15, 0.2) is 42.5 Å². The number of aromatic nitrogens is 1. The van der Waals surface area contributed by atoms with Crippen LogP contribution >= 0.6 is 0 Å². The number of piperidine rings is 1. The number of benzene rings is 2. The normalized spacial score (nSPS) is 14.8. The Balaban J connectivity index is 1.56. The lowest BCUT2D eigenvalue weighted by Gasteiger charge is -2.32. The zero-order valence-electron chi connectivity index (χ0n) is 19.1. The third-order valence-electron chi connectivity index (χ3n) is 6.40. The molecule has 1 aliphatic heterocycles. The molecule has 0 aliphatic carbocycles. The first kappa shape index (κ1) is 21.3. The van der Waals surface area contributed by atoms with Crippen molar-refractivity contribution in [3.63, 3.8) is 0 Å². The van der Waals surface area contributed by atoms with Crippen molar-refractivity contribution in [3.05, 3.63) is 53.7 Å². The van der Waals surface area contributed by atoms with Gasteiger partial charge in [0.25, 0.3) is 5.91 Å². The van der Waals surface area contributed by atoms with Gasteiger partial charge in [-0.2, -0.15) is 0 Å². The van der Waals surface area contributed by atoms with Gasteiger partial charge < -0.3 is 19.5 Å².